The van der Waals surface area contributed by atoms with E-state index in [4.69, 9.17) is 10.2 Å². The summed E-state index contributed by atoms with van der Waals surface area (Å²) < 4.78 is 28.1. The summed E-state index contributed by atoms with van der Waals surface area (Å²) >= 11 is 0. The molecule has 2 rings (SSSR count). The van der Waals surface area contributed by atoms with Crippen LogP contribution in [0, 0.1) is 0 Å². The maximum absolute atomic E-state index is 11.4. The summed E-state index contributed by atoms with van der Waals surface area (Å²) in [6.07, 6.45) is 2.71. The molecule has 0 aliphatic rings. The third-order valence-corrected chi connectivity index (χ3v) is 3.61. The number of hydrogen-bond acceptors (Lipinski definition) is 4. The first-order valence-electron chi connectivity index (χ1n) is 5.07. The van der Waals surface area contributed by atoms with Gasteiger partial charge in [0.15, 0.2) is 9.84 Å². The largest absolute Gasteiger partial charge is 0.467 e. The van der Waals surface area contributed by atoms with E-state index in [0.717, 1.165) is 0 Å². The van der Waals surface area contributed by atoms with Crippen molar-refractivity contribution in [2.45, 2.75) is 10.9 Å². The molecule has 0 aliphatic carbocycles. The van der Waals surface area contributed by atoms with Crippen molar-refractivity contribution in [1.29, 1.82) is 0 Å². The summed E-state index contributed by atoms with van der Waals surface area (Å²) in [5, 5.41) is 0. The molecule has 0 saturated heterocycles. The maximum Gasteiger partial charge on any atom is 0.175 e. The van der Waals surface area contributed by atoms with E-state index in [2.05, 4.69) is 0 Å². The second kappa shape index (κ2) is 4.35. The van der Waals surface area contributed by atoms with E-state index >= 15 is 0 Å². The summed E-state index contributed by atoms with van der Waals surface area (Å²) in [6, 6.07) is 9.63. The number of hydrogen-bond donors (Lipinski definition) is 1. The van der Waals surface area contributed by atoms with E-state index in [1.807, 2.05) is 0 Å². The van der Waals surface area contributed by atoms with Gasteiger partial charge in [0.05, 0.1) is 17.2 Å². The van der Waals surface area contributed by atoms with Crippen LogP contribution in [0.5, 0.6) is 0 Å². The molecule has 17 heavy (non-hydrogen) atoms. The third-order valence-electron chi connectivity index (χ3n) is 2.50. The van der Waals surface area contributed by atoms with E-state index in [1.165, 1.54) is 12.5 Å². The van der Waals surface area contributed by atoms with Crippen molar-refractivity contribution in [2.75, 3.05) is 6.26 Å². The van der Waals surface area contributed by atoms with Gasteiger partial charge in [0, 0.05) is 6.26 Å². The van der Waals surface area contributed by atoms with Gasteiger partial charge in [-0.1, -0.05) is 12.1 Å². The lowest BCUT2D eigenvalue weighted by molar-refractivity contribution is 0.489. The minimum Gasteiger partial charge on any atom is -0.467 e. The molecule has 5 heteroatoms. The Morgan fingerprint density at radius 2 is 2.00 bits per heavy atom. The predicted molar refractivity (Wildman–Crippen MR) is 64.3 cm³/mol. The van der Waals surface area contributed by atoms with Gasteiger partial charge in [-0.05, 0) is 29.8 Å². The zero-order valence-corrected chi connectivity index (χ0v) is 10.1. The average molecular weight is 251 g/mol. The molecule has 0 radical (unpaired) electrons. The molecule has 0 aliphatic heterocycles. The minimum absolute atomic E-state index is 0.261. The van der Waals surface area contributed by atoms with Crippen LogP contribution in [-0.4, -0.2) is 14.7 Å². The lowest BCUT2D eigenvalue weighted by atomic mass is 10.1. The lowest BCUT2D eigenvalue weighted by Gasteiger charge is -2.10. The van der Waals surface area contributed by atoms with E-state index in [9.17, 15) is 8.42 Å². The van der Waals surface area contributed by atoms with Crippen molar-refractivity contribution >= 4 is 9.84 Å². The molecule has 1 atom stereocenters. The van der Waals surface area contributed by atoms with Gasteiger partial charge in [-0.25, -0.2) is 8.42 Å². The Morgan fingerprint density at radius 3 is 2.59 bits per heavy atom. The van der Waals surface area contributed by atoms with Crippen molar-refractivity contribution in [3.63, 3.8) is 0 Å². The second-order valence-corrected chi connectivity index (χ2v) is 5.85. The van der Waals surface area contributed by atoms with Crippen LogP contribution >= 0.6 is 0 Å². The van der Waals surface area contributed by atoms with E-state index in [0.29, 0.717) is 11.3 Å². The lowest BCUT2D eigenvalue weighted by Crippen LogP contribution is -2.11. The monoisotopic (exact) mass is 251 g/mol. The molecule has 0 amide bonds. The van der Waals surface area contributed by atoms with Gasteiger partial charge >= 0.3 is 0 Å². The zero-order valence-electron chi connectivity index (χ0n) is 9.33. The first-order chi connectivity index (χ1) is 7.98. The fourth-order valence-electron chi connectivity index (χ4n) is 1.57. The van der Waals surface area contributed by atoms with Gasteiger partial charge in [0.25, 0.3) is 0 Å². The molecule has 0 bridgehead atoms. The van der Waals surface area contributed by atoms with E-state index in [1.54, 1.807) is 36.4 Å². The van der Waals surface area contributed by atoms with Gasteiger partial charge in [-0.3, -0.25) is 0 Å². The van der Waals surface area contributed by atoms with Gasteiger partial charge in [-0.15, -0.1) is 0 Å². The highest BCUT2D eigenvalue weighted by atomic mass is 32.2. The van der Waals surface area contributed by atoms with Crippen LogP contribution in [-0.2, 0) is 9.84 Å². The van der Waals surface area contributed by atoms with Crippen molar-refractivity contribution in [1.82, 2.24) is 0 Å². The summed E-state index contributed by atoms with van der Waals surface area (Å²) in [5.41, 5.74) is 6.70. The molecule has 1 unspecified atom stereocenters. The van der Waals surface area contributed by atoms with Crippen LogP contribution in [0.1, 0.15) is 17.4 Å². The van der Waals surface area contributed by atoms with Crippen LogP contribution < -0.4 is 5.73 Å². The molecule has 1 heterocycles. The normalized spacial score (nSPS) is 13.5. The fraction of sp³-hybridized carbons (Fsp3) is 0.167. The minimum atomic E-state index is -3.21. The molecule has 0 spiro atoms. The summed E-state index contributed by atoms with van der Waals surface area (Å²) in [4.78, 5) is 0.261. The van der Waals surface area contributed by atoms with Crippen molar-refractivity contribution < 1.29 is 12.8 Å². The summed E-state index contributed by atoms with van der Waals surface area (Å²) in [5.74, 6) is 0.607. The highest BCUT2D eigenvalue weighted by Gasteiger charge is 2.14. The van der Waals surface area contributed by atoms with Gasteiger partial charge < -0.3 is 10.2 Å². The Hall–Kier alpha value is -1.59. The van der Waals surface area contributed by atoms with Crippen LogP contribution in [0.2, 0.25) is 0 Å². The summed E-state index contributed by atoms with van der Waals surface area (Å²) in [6.45, 7) is 0. The van der Waals surface area contributed by atoms with Gasteiger partial charge in [-0.2, -0.15) is 0 Å². The molecule has 2 N–H and O–H groups in total. The van der Waals surface area contributed by atoms with Crippen LogP contribution in [0.3, 0.4) is 0 Å². The maximum atomic E-state index is 11.4. The first kappa shape index (κ1) is 11.9. The Labute approximate surface area is 100.0 Å². The van der Waals surface area contributed by atoms with Crippen LogP contribution in [0.15, 0.2) is 52.0 Å². The summed E-state index contributed by atoms with van der Waals surface area (Å²) in [7, 11) is -3.21. The predicted octanol–water partition coefficient (Wildman–Crippen LogP) is 1.73. The quantitative estimate of drug-likeness (QED) is 0.901. The molecule has 4 nitrogen and oxygen atoms in total. The van der Waals surface area contributed by atoms with Gasteiger partial charge in [0.1, 0.15) is 5.76 Å². The van der Waals surface area contributed by atoms with Crippen molar-refractivity contribution in [3.8, 4) is 0 Å². The van der Waals surface area contributed by atoms with E-state index < -0.39 is 15.9 Å². The Balaban J connectivity index is 2.41. The second-order valence-electron chi connectivity index (χ2n) is 3.84. The highest BCUT2D eigenvalue weighted by Crippen LogP contribution is 2.22. The van der Waals surface area contributed by atoms with Crippen LogP contribution in [0.4, 0.5) is 0 Å². The number of rotatable bonds is 3. The number of furan rings is 1. The number of sulfone groups is 1. The van der Waals surface area contributed by atoms with E-state index in [-0.39, 0.29) is 4.90 Å². The van der Waals surface area contributed by atoms with Crippen molar-refractivity contribution in [2.24, 2.45) is 5.73 Å². The highest BCUT2D eigenvalue weighted by molar-refractivity contribution is 7.90. The molecule has 90 valence electrons. The third kappa shape index (κ3) is 2.57. The topological polar surface area (TPSA) is 73.3 Å². The van der Waals surface area contributed by atoms with Crippen molar-refractivity contribution in [3.05, 3.63) is 54.0 Å². The first-order valence-corrected chi connectivity index (χ1v) is 6.96. The molecular weight excluding hydrogens is 238 g/mol. The zero-order chi connectivity index (χ0) is 12.5. The number of nitrogens with two attached hydrogens (primary N) is 1. The molecule has 0 saturated carbocycles. The van der Waals surface area contributed by atoms with Gasteiger partial charge in [0.2, 0.25) is 0 Å². The molecule has 0 fully saturated rings. The molecular formula is C12H13NO3S. The smallest absolute Gasteiger partial charge is 0.175 e. The average Bonchev–Trinajstić information content (AvgIpc) is 2.80. The standard InChI is InChI=1S/C12H13NO3S/c1-17(14,15)10-5-2-4-9(8-10)12(13)11-6-3-7-16-11/h2-8,12H,13H2,1H3. The van der Waals surface area contributed by atoms with Crippen LogP contribution in [0.25, 0.3) is 0 Å². The SMILES string of the molecule is CS(=O)(=O)c1cccc(C(N)c2ccco2)c1. The Kier molecular flexibility index (Phi) is 3.04. The fourth-order valence-corrected chi connectivity index (χ4v) is 2.25. The number of benzene rings is 1. The Morgan fingerprint density at radius 1 is 1.24 bits per heavy atom. The molecule has 1 aromatic heterocycles. The molecule has 1 aromatic carbocycles. The Bertz CT molecular complexity index is 602. The molecule has 2 aromatic rings.